The number of benzene rings is 1. The van der Waals surface area contributed by atoms with Gasteiger partial charge in [-0.05, 0) is 37.8 Å². The van der Waals surface area contributed by atoms with Gasteiger partial charge in [0.15, 0.2) is 0 Å². The number of carbonyl (C=O) groups is 1. The molecule has 0 heterocycles. The molecule has 24 heavy (non-hydrogen) atoms. The van der Waals surface area contributed by atoms with E-state index in [2.05, 4.69) is 4.72 Å². The molecular weight excluding hydrogens is 371 g/mol. The molecule has 0 spiro atoms. The molecule has 1 fully saturated rings. The monoisotopic (exact) mass is 385 g/mol. The predicted molar refractivity (Wildman–Crippen MR) is 80.2 cm³/mol. The SMILES string of the molecule is O=C(O)C1CCC(NS(=O)(=O)c2c(Cl)cccc2C(F)(F)F)CC1. The quantitative estimate of drug-likeness (QED) is 0.833. The fraction of sp³-hybridized carbons (Fsp3) is 0.500. The number of halogens is 4. The number of hydrogen-bond acceptors (Lipinski definition) is 3. The molecule has 1 aliphatic rings. The Morgan fingerprint density at radius 1 is 1.21 bits per heavy atom. The second-order valence-corrected chi connectivity index (χ2v) is 7.68. The number of nitrogens with one attached hydrogen (secondary N) is 1. The highest BCUT2D eigenvalue weighted by molar-refractivity contribution is 7.89. The average Bonchev–Trinajstić information content (AvgIpc) is 2.45. The standard InChI is InChI=1S/C14H15ClF3NO4S/c15-11-3-1-2-10(14(16,17)18)12(11)24(22,23)19-9-6-4-8(5-7-9)13(20)21/h1-3,8-9,19H,4-7H2,(H,20,21). The van der Waals surface area contributed by atoms with Crippen molar-refractivity contribution in [3.63, 3.8) is 0 Å². The van der Waals surface area contributed by atoms with Gasteiger partial charge in [0, 0.05) is 6.04 Å². The lowest BCUT2D eigenvalue weighted by Gasteiger charge is -2.27. The first-order chi connectivity index (χ1) is 11.0. The number of hydrogen-bond donors (Lipinski definition) is 2. The van der Waals surface area contributed by atoms with Gasteiger partial charge in [0.1, 0.15) is 4.90 Å². The molecule has 0 bridgehead atoms. The fourth-order valence-electron chi connectivity index (χ4n) is 2.74. The maximum atomic E-state index is 13.1. The van der Waals surface area contributed by atoms with E-state index in [1.165, 1.54) is 0 Å². The minimum Gasteiger partial charge on any atom is -0.481 e. The summed E-state index contributed by atoms with van der Waals surface area (Å²) in [6, 6.07) is 2.14. The summed E-state index contributed by atoms with van der Waals surface area (Å²) in [6.07, 6.45) is -3.87. The van der Waals surface area contributed by atoms with Crippen molar-refractivity contribution < 1.29 is 31.5 Å². The first-order valence-corrected chi connectivity index (χ1v) is 8.99. The summed E-state index contributed by atoms with van der Waals surface area (Å²) in [5.41, 5.74) is -1.33. The second-order valence-electron chi connectivity index (χ2n) is 5.62. The second kappa shape index (κ2) is 6.89. The summed E-state index contributed by atoms with van der Waals surface area (Å²) < 4.78 is 66.2. The van der Waals surface area contributed by atoms with Crippen LogP contribution in [0, 0.1) is 5.92 Å². The van der Waals surface area contributed by atoms with Gasteiger partial charge in [-0.2, -0.15) is 13.2 Å². The lowest BCUT2D eigenvalue weighted by molar-refractivity contribution is -0.143. The Labute approximate surface area is 141 Å². The van der Waals surface area contributed by atoms with Crippen molar-refractivity contribution in [1.29, 1.82) is 0 Å². The molecule has 10 heteroatoms. The molecule has 5 nitrogen and oxygen atoms in total. The predicted octanol–water partition coefficient (Wildman–Crippen LogP) is 3.28. The van der Waals surface area contributed by atoms with Gasteiger partial charge in [0.25, 0.3) is 0 Å². The molecular formula is C14H15ClF3NO4S. The third kappa shape index (κ3) is 4.20. The van der Waals surface area contributed by atoms with E-state index in [4.69, 9.17) is 16.7 Å². The highest BCUT2D eigenvalue weighted by Gasteiger charge is 2.39. The first kappa shape index (κ1) is 19.0. The molecule has 1 aliphatic carbocycles. The van der Waals surface area contributed by atoms with Crippen LogP contribution < -0.4 is 4.72 Å². The smallest absolute Gasteiger partial charge is 0.417 e. The Morgan fingerprint density at radius 3 is 2.29 bits per heavy atom. The van der Waals surface area contributed by atoms with E-state index < -0.39 is 49.6 Å². The summed E-state index contributed by atoms with van der Waals surface area (Å²) in [5, 5.41) is 8.40. The first-order valence-electron chi connectivity index (χ1n) is 7.13. The van der Waals surface area contributed by atoms with E-state index in [1.54, 1.807) is 0 Å². The summed E-state index contributed by atoms with van der Waals surface area (Å²) >= 11 is 5.71. The van der Waals surface area contributed by atoms with E-state index in [1.807, 2.05) is 0 Å². The van der Waals surface area contributed by atoms with Crippen molar-refractivity contribution in [2.24, 2.45) is 5.92 Å². The third-order valence-corrected chi connectivity index (χ3v) is 5.99. The molecule has 2 N–H and O–H groups in total. The number of carboxylic acid groups (broad SMARTS) is 1. The number of sulfonamides is 1. The van der Waals surface area contributed by atoms with Crippen LogP contribution in [0.5, 0.6) is 0 Å². The molecule has 0 aliphatic heterocycles. The molecule has 134 valence electrons. The number of carboxylic acids is 1. The Bertz CT molecular complexity index is 728. The minimum atomic E-state index is -4.87. The third-order valence-electron chi connectivity index (χ3n) is 3.94. The van der Waals surface area contributed by atoms with Gasteiger partial charge in [-0.3, -0.25) is 4.79 Å². The van der Waals surface area contributed by atoms with Crippen LogP contribution >= 0.6 is 11.6 Å². The van der Waals surface area contributed by atoms with Gasteiger partial charge in [-0.15, -0.1) is 0 Å². The summed E-state index contributed by atoms with van der Waals surface area (Å²) in [7, 11) is -4.49. The van der Waals surface area contributed by atoms with Crippen molar-refractivity contribution in [1.82, 2.24) is 4.72 Å². The number of alkyl halides is 3. The number of aliphatic carboxylic acids is 1. The molecule has 0 amide bonds. The summed E-state index contributed by atoms with van der Waals surface area (Å²) in [5.74, 6) is -1.52. The van der Waals surface area contributed by atoms with Crippen molar-refractivity contribution in [3.8, 4) is 0 Å². The van der Waals surface area contributed by atoms with E-state index in [9.17, 15) is 26.4 Å². The zero-order valence-electron chi connectivity index (χ0n) is 12.3. The maximum Gasteiger partial charge on any atom is 0.417 e. The van der Waals surface area contributed by atoms with Gasteiger partial charge < -0.3 is 5.11 Å². The number of rotatable bonds is 4. The van der Waals surface area contributed by atoms with Crippen LogP contribution in [0.4, 0.5) is 13.2 Å². The Morgan fingerprint density at radius 2 is 1.79 bits per heavy atom. The molecule has 0 radical (unpaired) electrons. The zero-order chi connectivity index (χ0) is 18.1. The van der Waals surface area contributed by atoms with Crippen LogP contribution in [0.1, 0.15) is 31.2 Å². The fourth-order valence-corrected chi connectivity index (χ4v) is 4.81. The highest BCUT2D eigenvalue weighted by atomic mass is 35.5. The molecule has 1 aromatic rings. The Balaban J connectivity index is 2.25. The van der Waals surface area contributed by atoms with E-state index in [-0.39, 0.29) is 25.7 Å². The zero-order valence-corrected chi connectivity index (χ0v) is 13.9. The van der Waals surface area contributed by atoms with Gasteiger partial charge in [-0.1, -0.05) is 17.7 Å². The van der Waals surface area contributed by atoms with Crippen molar-refractivity contribution in [2.75, 3.05) is 0 Å². The van der Waals surface area contributed by atoms with Gasteiger partial charge in [0.05, 0.1) is 16.5 Å². The lowest BCUT2D eigenvalue weighted by Crippen LogP contribution is -2.39. The van der Waals surface area contributed by atoms with Gasteiger partial charge in [0.2, 0.25) is 10.0 Å². The van der Waals surface area contributed by atoms with E-state index in [0.29, 0.717) is 6.07 Å². The van der Waals surface area contributed by atoms with E-state index in [0.717, 1.165) is 12.1 Å². The molecule has 0 atom stereocenters. The molecule has 2 rings (SSSR count). The Kier molecular flexibility index (Phi) is 5.46. The van der Waals surface area contributed by atoms with E-state index >= 15 is 0 Å². The highest BCUT2D eigenvalue weighted by Crippen LogP contribution is 2.38. The van der Waals surface area contributed by atoms with Crippen LogP contribution in [0.15, 0.2) is 23.1 Å². The molecule has 1 saturated carbocycles. The van der Waals surface area contributed by atoms with Gasteiger partial charge in [-0.25, -0.2) is 13.1 Å². The largest absolute Gasteiger partial charge is 0.481 e. The van der Waals surface area contributed by atoms with Gasteiger partial charge >= 0.3 is 12.1 Å². The van der Waals surface area contributed by atoms with Crippen molar-refractivity contribution in [3.05, 3.63) is 28.8 Å². The van der Waals surface area contributed by atoms with Crippen LogP contribution in [-0.4, -0.2) is 25.5 Å². The van der Waals surface area contributed by atoms with Crippen LogP contribution in [0.25, 0.3) is 0 Å². The Hall–Kier alpha value is -1.32. The van der Waals surface area contributed by atoms with Crippen molar-refractivity contribution in [2.45, 2.75) is 42.8 Å². The summed E-state index contributed by atoms with van der Waals surface area (Å²) in [6.45, 7) is 0. The van der Waals surface area contributed by atoms with Crippen LogP contribution in [0.3, 0.4) is 0 Å². The van der Waals surface area contributed by atoms with Crippen LogP contribution in [-0.2, 0) is 21.0 Å². The van der Waals surface area contributed by atoms with Crippen molar-refractivity contribution >= 4 is 27.6 Å². The van der Waals surface area contributed by atoms with Crippen LogP contribution in [0.2, 0.25) is 5.02 Å². The minimum absolute atomic E-state index is 0.238. The molecule has 0 aromatic heterocycles. The average molecular weight is 386 g/mol. The normalized spacial score (nSPS) is 22.3. The lowest BCUT2D eigenvalue weighted by atomic mass is 9.87. The molecule has 0 unspecified atom stereocenters. The summed E-state index contributed by atoms with van der Waals surface area (Å²) in [4.78, 5) is 9.89. The maximum absolute atomic E-state index is 13.1. The topological polar surface area (TPSA) is 83.5 Å². The molecule has 1 aromatic carbocycles. The molecule has 0 saturated heterocycles.